The van der Waals surface area contributed by atoms with Crippen LogP contribution in [0.5, 0.6) is 5.75 Å². The van der Waals surface area contributed by atoms with Crippen molar-refractivity contribution in [2.45, 2.75) is 6.92 Å². The van der Waals surface area contributed by atoms with Crippen molar-refractivity contribution in [2.75, 3.05) is 13.7 Å². The Morgan fingerprint density at radius 3 is 2.60 bits per heavy atom. The number of hydrogen-bond donors (Lipinski definition) is 1. The molecule has 78 valence electrons. The highest BCUT2D eigenvalue weighted by atomic mass is 16.5. The first-order valence-electron chi connectivity index (χ1n) is 4.59. The van der Waals surface area contributed by atoms with Crippen molar-refractivity contribution in [1.29, 1.82) is 0 Å². The van der Waals surface area contributed by atoms with Crippen LogP contribution in [0, 0.1) is 11.8 Å². The number of rotatable bonds is 2. The van der Waals surface area contributed by atoms with E-state index in [0.717, 1.165) is 11.3 Å². The van der Waals surface area contributed by atoms with E-state index < -0.39 is 0 Å². The van der Waals surface area contributed by atoms with E-state index in [1.165, 1.54) is 6.92 Å². The Hall–Kier alpha value is -1.95. The number of hydrogen-bond acceptors (Lipinski definition) is 2. The highest BCUT2D eigenvalue weighted by Crippen LogP contribution is 2.09. The van der Waals surface area contributed by atoms with Crippen LogP contribution >= 0.6 is 0 Å². The molecule has 1 aromatic rings. The Bertz CT molecular complexity index is 384. The summed E-state index contributed by atoms with van der Waals surface area (Å²) < 4.78 is 5.02. The van der Waals surface area contributed by atoms with Gasteiger partial charge in [-0.2, -0.15) is 0 Å². The van der Waals surface area contributed by atoms with Gasteiger partial charge in [0.05, 0.1) is 13.7 Å². The first-order chi connectivity index (χ1) is 7.22. The summed E-state index contributed by atoms with van der Waals surface area (Å²) in [5.74, 6) is 6.52. The molecule has 1 amide bonds. The topological polar surface area (TPSA) is 38.3 Å². The van der Waals surface area contributed by atoms with E-state index in [2.05, 4.69) is 17.2 Å². The van der Waals surface area contributed by atoms with Gasteiger partial charge in [-0.05, 0) is 24.3 Å². The summed E-state index contributed by atoms with van der Waals surface area (Å²) in [5, 5.41) is 2.60. The Morgan fingerprint density at radius 1 is 1.40 bits per heavy atom. The largest absolute Gasteiger partial charge is 0.497 e. The monoisotopic (exact) mass is 203 g/mol. The number of carbonyl (C=O) groups is 1. The molecule has 0 aliphatic heterocycles. The second kappa shape index (κ2) is 5.71. The van der Waals surface area contributed by atoms with E-state index in [1.807, 2.05) is 24.3 Å². The van der Waals surface area contributed by atoms with Crippen LogP contribution in [0.2, 0.25) is 0 Å². The van der Waals surface area contributed by atoms with E-state index in [-0.39, 0.29) is 5.91 Å². The van der Waals surface area contributed by atoms with Crippen molar-refractivity contribution in [2.24, 2.45) is 0 Å². The third kappa shape index (κ3) is 4.19. The summed E-state index contributed by atoms with van der Waals surface area (Å²) in [6.45, 7) is 1.84. The summed E-state index contributed by atoms with van der Waals surface area (Å²) in [5.41, 5.74) is 0.904. The SMILES string of the molecule is COc1ccc(C#CCNC(C)=O)cc1. The normalized spacial score (nSPS) is 8.67. The zero-order valence-corrected chi connectivity index (χ0v) is 8.83. The minimum atomic E-state index is -0.0703. The summed E-state index contributed by atoms with van der Waals surface area (Å²) in [7, 11) is 1.62. The molecule has 0 unspecified atom stereocenters. The van der Waals surface area contributed by atoms with Crippen LogP contribution in [-0.2, 0) is 4.79 Å². The zero-order valence-electron chi connectivity index (χ0n) is 8.83. The van der Waals surface area contributed by atoms with Crippen LogP contribution in [0.15, 0.2) is 24.3 Å². The molecule has 15 heavy (non-hydrogen) atoms. The fourth-order valence-electron chi connectivity index (χ4n) is 0.989. The Labute approximate surface area is 89.4 Å². The lowest BCUT2D eigenvalue weighted by Gasteiger charge is -1.97. The van der Waals surface area contributed by atoms with E-state index in [0.29, 0.717) is 6.54 Å². The van der Waals surface area contributed by atoms with Gasteiger partial charge < -0.3 is 10.1 Å². The molecule has 1 rings (SSSR count). The van der Waals surface area contributed by atoms with Crippen molar-refractivity contribution in [3.05, 3.63) is 29.8 Å². The fourth-order valence-corrected chi connectivity index (χ4v) is 0.989. The van der Waals surface area contributed by atoms with Gasteiger partial charge in [0.25, 0.3) is 0 Å². The maximum Gasteiger partial charge on any atom is 0.217 e. The molecule has 3 nitrogen and oxygen atoms in total. The van der Waals surface area contributed by atoms with Gasteiger partial charge in [0, 0.05) is 12.5 Å². The number of nitrogens with one attached hydrogen (secondary N) is 1. The molecular weight excluding hydrogens is 190 g/mol. The van der Waals surface area contributed by atoms with Gasteiger partial charge in [0.15, 0.2) is 0 Å². The van der Waals surface area contributed by atoms with Crippen molar-refractivity contribution >= 4 is 5.91 Å². The van der Waals surface area contributed by atoms with Crippen molar-refractivity contribution < 1.29 is 9.53 Å². The van der Waals surface area contributed by atoms with Crippen molar-refractivity contribution in [1.82, 2.24) is 5.32 Å². The average Bonchev–Trinajstić information content (AvgIpc) is 2.25. The standard InChI is InChI=1S/C12H13NO2/c1-10(14)13-9-3-4-11-5-7-12(15-2)8-6-11/h5-8H,9H2,1-2H3,(H,13,14). The molecule has 0 atom stereocenters. The molecule has 0 radical (unpaired) electrons. The quantitative estimate of drug-likeness (QED) is 0.733. The minimum Gasteiger partial charge on any atom is -0.497 e. The number of methoxy groups -OCH3 is 1. The molecule has 0 saturated heterocycles. The maximum atomic E-state index is 10.5. The van der Waals surface area contributed by atoms with Crippen LogP contribution in [-0.4, -0.2) is 19.6 Å². The van der Waals surface area contributed by atoms with Gasteiger partial charge in [-0.15, -0.1) is 0 Å². The molecule has 0 saturated carbocycles. The predicted octanol–water partition coefficient (Wildman–Crippen LogP) is 1.18. The van der Waals surface area contributed by atoms with Gasteiger partial charge >= 0.3 is 0 Å². The minimum absolute atomic E-state index is 0.0703. The lowest BCUT2D eigenvalue weighted by molar-refractivity contribution is -0.118. The molecule has 0 spiro atoms. The molecular formula is C12H13NO2. The van der Waals surface area contributed by atoms with Crippen LogP contribution < -0.4 is 10.1 Å². The average molecular weight is 203 g/mol. The second-order valence-electron chi connectivity index (χ2n) is 2.94. The van der Waals surface area contributed by atoms with E-state index in [4.69, 9.17) is 4.74 Å². The zero-order chi connectivity index (χ0) is 11.1. The summed E-state index contributed by atoms with van der Waals surface area (Å²) in [6, 6.07) is 7.45. The Morgan fingerprint density at radius 2 is 2.07 bits per heavy atom. The van der Waals surface area contributed by atoms with Crippen molar-refractivity contribution in [3.8, 4) is 17.6 Å². The fraction of sp³-hybridized carbons (Fsp3) is 0.250. The van der Waals surface area contributed by atoms with E-state index in [1.54, 1.807) is 7.11 Å². The van der Waals surface area contributed by atoms with Gasteiger partial charge in [-0.25, -0.2) is 0 Å². The van der Waals surface area contributed by atoms with Crippen LogP contribution in [0.1, 0.15) is 12.5 Å². The van der Waals surface area contributed by atoms with Crippen LogP contribution in [0.4, 0.5) is 0 Å². The third-order valence-electron chi connectivity index (χ3n) is 1.75. The summed E-state index contributed by atoms with van der Waals surface area (Å²) >= 11 is 0. The summed E-state index contributed by atoms with van der Waals surface area (Å²) in [6.07, 6.45) is 0. The molecule has 1 N–H and O–H groups in total. The molecule has 0 fully saturated rings. The Kier molecular flexibility index (Phi) is 4.24. The summed E-state index contributed by atoms with van der Waals surface area (Å²) in [4.78, 5) is 10.5. The van der Waals surface area contributed by atoms with Crippen LogP contribution in [0.3, 0.4) is 0 Å². The highest BCUT2D eigenvalue weighted by Gasteiger charge is 1.89. The molecule has 0 aromatic heterocycles. The van der Waals surface area contributed by atoms with E-state index in [9.17, 15) is 4.79 Å². The van der Waals surface area contributed by atoms with Gasteiger partial charge in [0.2, 0.25) is 5.91 Å². The highest BCUT2D eigenvalue weighted by molar-refractivity contribution is 5.73. The molecule has 0 heterocycles. The first kappa shape index (κ1) is 11.1. The van der Waals surface area contributed by atoms with E-state index >= 15 is 0 Å². The smallest absolute Gasteiger partial charge is 0.217 e. The number of amides is 1. The second-order valence-corrected chi connectivity index (χ2v) is 2.94. The first-order valence-corrected chi connectivity index (χ1v) is 4.59. The predicted molar refractivity (Wildman–Crippen MR) is 58.6 cm³/mol. The number of carbonyl (C=O) groups excluding carboxylic acids is 1. The molecule has 3 heteroatoms. The molecule has 0 aliphatic carbocycles. The van der Waals surface area contributed by atoms with Crippen LogP contribution in [0.25, 0.3) is 0 Å². The number of benzene rings is 1. The lowest BCUT2D eigenvalue weighted by Crippen LogP contribution is -2.19. The van der Waals surface area contributed by atoms with Gasteiger partial charge in [-0.3, -0.25) is 4.79 Å². The van der Waals surface area contributed by atoms with Crippen molar-refractivity contribution in [3.63, 3.8) is 0 Å². The molecule has 0 bridgehead atoms. The molecule has 0 aliphatic rings. The number of ether oxygens (including phenoxy) is 1. The van der Waals surface area contributed by atoms with Gasteiger partial charge in [-0.1, -0.05) is 11.8 Å². The van der Waals surface area contributed by atoms with Gasteiger partial charge in [0.1, 0.15) is 5.75 Å². The lowest BCUT2D eigenvalue weighted by atomic mass is 10.2. The third-order valence-corrected chi connectivity index (χ3v) is 1.75. The Balaban J connectivity index is 2.52. The molecule has 1 aromatic carbocycles. The maximum absolute atomic E-state index is 10.5.